The first kappa shape index (κ1) is 15.3. The van der Waals surface area contributed by atoms with Crippen molar-refractivity contribution in [1.82, 2.24) is 9.97 Å². The van der Waals surface area contributed by atoms with Gasteiger partial charge in [-0.3, -0.25) is 4.72 Å². The fourth-order valence-corrected chi connectivity index (χ4v) is 4.09. The number of benzene rings is 1. The molecule has 2 aromatic rings. The number of halogens is 2. The molecular weight excluding hydrogens is 412 g/mol. The minimum atomic E-state index is -3.75. The summed E-state index contributed by atoms with van der Waals surface area (Å²) in [5.74, 6) is 0.605. The fraction of sp³-hybridized carbons (Fsp3) is 0.182. The molecule has 0 bridgehead atoms. The second-order valence-electron chi connectivity index (χ2n) is 4.01. The molecule has 1 aromatic heterocycles. The van der Waals surface area contributed by atoms with Crippen LogP contribution in [0.3, 0.4) is 0 Å². The van der Waals surface area contributed by atoms with Gasteiger partial charge in [0.15, 0.2) is 5.03 Å². The summed E-state index contributed by atoms with van der Waals surface area (Å²) in [4.78, 5) is 6.72. The third-order valence-electron chi connectivity index (χ3n) is 2.55. The lowest BCUT2D eigenvalue weighted by molar-refractivity contribution is 0.598. The summed E-state index contributed by atoms with van der Waals surface area (Å²) in [6.45, 7) is 1.88. The van der Waals surface area contributed by atoms with Gasteiger partial charge >= 0.3 is 0 Å². The molecule has 4 N–H and O–H groups in total. The van der Waals surface area contributed by atoms with Crippen molar-refractivity contribution in [3.05, 3.63) is 33.1 Å². The topological polar surface area (TPSA) is 101 Å². The van der Waals surface area contributed by atoms with Crippen molar-refractivity contribution in [3.8, 4) is 0 Å². The van der Waals surface area contributed by atoms with Crippen molar-refractivity contribution in [2.45, 2.75) is 18.4 Å². The third kappa shape index (κ3) is 3.15. The Bertz CT molecular complexity index is 720. The number of H-pyrrole nitrogens is 1. The molecule has 0 fully saturated rings. The van der Waals surface area contributed by atoms with Gasteiger partial charge in [0.25, 0.3) is 10.0 Å². The highest BCUT2D eigenvalue weighted by molar-refractivity contribution is 9.11. The van der Waals surface area contributed by atoms with Crippen molar-refractivity contribution in [2.75, 3.05) is 10.5 Å². The smallest absolute Gasteiger partial charge is 0.279 e. The predicted octanol–water partition coefficient (Wildman–Crippen LogP) is 2.88. The number of anilines is 2. The average molecular weight is 424 g/mol. The molecule has 0 saturated heterocycles. The normalized spacial score (nSPS) is 11.6. The Balaban J connectivity index is 2.38. The van der Waals surface area contributed by atoms with E-state index in [1.807, 2.05) is 6.92 Å². The van der Waals surface area contributed by atoms with Crippen LogP contribution in [0.1, 0.15) is 12.7 Å². The van der Waals surface area contributed by atoms with Crippen molar-refractivity contribution in [3.63, 3.8) is 0 Å². The Morgan fingerprint density at radius 3 is 2.65 bits per heavy atom. The van der Waals surface area contributed by atoms with E-state index in [1.54, 1.807) is 12.1 Å². The molecule has 0 aliphatic heterocycles. The SMILES string of the molecule is CCc1ncc(S(=O)(=O)Nc2c(N)cc(Br)cc2Br)[nH]1. The van der Waals surface area contributed by atoms with Gasteiger partial charge in [0.2, 0.25) is 0 Å². The molecule has 1 heterocycles. The van der Waals surface area contributed by atoms with Crippen LogP contribution in [0.25, 0.3) is 0 Å². The number of sulfonamides is 1. The van der Waals surface area contributed by atoms with E-state index in [0.29, 0.717) is 28.1 Å². The van der Waals surface area contributed by atoms with Crippen LogP contribution in [0.2, 0.25) is 0 Å². The van der Waals surface area contributed by atoms with E-state index < -0.39 is 10.0 Å². The number of nitrogens with two attached hydrogens (primary N) is 1. The van der Waals surface area contributed by atoms with Gasteiger partial charge in [-0.1, -0.05) is 22.9 Å². The van der Waals surface area contributed by atoms with Crippen molar-refractivity contribution in [1.29, 1.82) is 0 Å². The largest absolute Gasteiger partial charge is 0.397 e. The molecule has 0 amide bonds. The zero-order valence-corrected chi connectivity index (χ0v) is 14.4. The summed E-state index contributed by atoms with van der Waals surface area (Å²) in [5.41, 5.74) is 6.43. The van der Waals surface area contributed by atoms with E-state index in [2.05, 4.69) is 46.5 Å². The second kappa shape index (κ2) is 5.74. The van der Waals surface area contributed by atoms with Crippen LogP contribution >= 0.6 is 31.9 Å². The third-order valence-corrected chi connectivity index (χ3v) is 4.89. The first-order chi connectivity index (χ1) is 9.33. The van der Waals surface area contributed by atoms with Crippen molar-refractivity contribution < 1.29 is 8.42 Å². The number of hydrogen-bond donors (Lipinski definition) is 3. The zero-order chi connectivity index (χ0) is 14.9. The summed E-state index contributed by atoms with van der Waals surface area (Å²) in [7, 11) is -3.75. The maximum atomic E-state index is 12.2. The Labute approximate surface area is 133 Å². The van der Waals surface area contributed by atoms with E-state index >= 15 is 0 Å². The predicted molar refractivity (Wildman–Crippen MR) is 85.0 cm³/mol. The number of rotatable bonds is 4. The molecule has 0 aliphatic rings. The number of aryl methyl sites for hydroxylation is 1. The van der Waals surface area contributed by atoms with Crippen LogP contribution in [-0.4, -0.2) is 18.4 Å². The average Bonchev–Trinajstić information content (AvgIpc) is 2.83. The summed E-state index contributed by atoms with van der Waals surface area (Å²) < 4.78 is 28.2. The van der Waals surface area contributed by atoms with Crippen molar-refractivity contribution >= 4 is 53.3 Å². The number of nitrogen functional groups attached to an aromatic ring is 1. The lowest BCUT2D eigenvalue weighted by Crippen LogP contribution is -2.15. The molecule has 0 unspecified atom stereocenters. The van der Waals surface area contributed by atoms with Gasteiger partial charge < -0.3 is 10.7 Å². The molecule has 0 atom stereocenters. The Hall–Kier alpha value is -1.06. The molecule has 0 aliphatic carbocycles. The van der Waals surface area contributed by atoms with E-state index in [0.717, 1.165) is 4.47 Å². The van der Waals surface area contributed by atoms with Gasteiger partial charge in [0.05, 0.1) is 17.6 Å². The van der Waals surface area contributed by atoms with E-state index in [1.165, 1.54) is 6.20 Å². The van der Waals surface area contributed by atoms with Crippen LogP contribution in [-0.2, 0) is 16.4 Å². The minimum Gasteiger partial charge on any atom is -0.397 e. The van der Waals surface area contributed by atoms with Crippen LogP contribution < -0.4 is 10.5 Å². The van der Waals surface area contributed by atoms with E-state index in [-0.39, 0.29) is 5.03 Å². The van der Waals surface area contributed by atoms with Crippen molar-refractivity contribution in [2.24, 2.45) is 0 Å². The maximum Gasteiger partial charge on any atom is 0.279 e. The Morgan fingerprint density at radius 1 is 1.40 bits per heavy atom. The van der Waals surface area contributed by atoms with Gasteiger partial charge in [-0.05, 0) is 28.1 Å². The minimum absolute atomic E-state index is 0.00330. The van der Waals surface area contributed by atoms with Crippen LogP contribution in [0.4, 0.5) is 11.4 Å². The standard InChI is InChI=1S/C11H12Br2N4O2S/c1-2-9-15-5-10(16-9)20(18,19)17-11-7(13)3-6(12)4-8(11)14/h3-5,17H,2,14H2,1H3,(H,15,16). The van der Waals surface area contributed by atoms with Gasteiger partial charge in [0.1, 0.15) is 5.82 Å². The first-order valence-corrected chi connectivity index (χ1v) is 8.71. The zero-order valence-electron chi connectivity index (χ0n) is 10.4. The number of imidazole rings is 1. The van der Waals surface area contributed by atoms with E-state index in [9.17, 15) is 8.42 Å². The maximum absolute atomic E-state index is 12.2. The number of aromatic amines is 1. The highest BCUT2D eigenvalue weighted by Gasteiger charge is 2.20. The fourth-order valence-electron chi connectivity index (χ4n) is 1.55. The van der Waals surface area contributed by atoms with Gasteiger partial charge in [0, 0.05) is 15.4 Å². The molecule has 2 rings (SSSR count). The molecule has 108 valence electrons. The summed E-state index contributed by atoms with van der Waals surface area (Å²) in [5, 5.41) is 0.00330. The monoisotopic (exact) mass is 422 g/mol. The molecule has 0 radical (unpaired) electrons. The summed E-state index contributed by atoms with van der Waals surface area (Å²) in [6, 6.07) is 3.33. The number of hydrogen-bond acceptors (Lipinski definition) is 4. The van der Waals surface area contributed by atoms with Gasteiger partial charge in [-0.2, -0.15) is 8.42 Å². The van der Waals surface area contributed by atoms with Gasteiger partial charge in [-0.25, -0.2) is 4.98 Å². The molecule has 6 nitrogen and oxygen atoms in total. The van der Waals surface area contributed by atoms with Crippen LogP contribution in [0.5, 0.6) is 0 Å². The van der Waals surface area contributed by atoms with Crippen LogP contribution in [0.15, 0.2) is 32.3 Å². The Morgan fingerprint density at radius 2 is 2.10 bits per heavy atom. The summed E-state index contributed by atoms with van der Waals surface area (Å²) in [6.07, 6.45) is 1.91. The number of aromatic nitrogens is 2. The second-order valence-corrected chi connectivity index (χ2v) is 7.43. The molecule has 9 heteroatoms. The molecule has 1 aromatic carbocycles. The molecular formula is C11H12Br2N4O2S. The van der Waals surface area contributed by atoms with E-state index in [4.69, 9.17) is 5.73 Å². The van der Waals surface area contributed by atoms with Crippen LogP contribution in [0, 0.1) is 0 Å². The molecule has 0 saturated carbocycles. The summed E-state index contributed by atoms with van der Waals surface area (Å²) >= 11 is 6.56. The highest BCUT2D eigenvalue weighted by atomic mass is 79.9. The molecule has 0 spiro atoms. The molecule has 20 heavy (non-hydrogen) atoms. The lowest BCUT2D eigenvalue weighted by Gasteiger charge is -2.11. The first-order valence-electron chi connectivity index (χ1n) is 5.64. The number of nitrogens with one attached hydrogen (secondary N) is 2. The number of nitrogens with zero attached hydrogens (tertiary/aromatic N) is 1. The quantitative estimate of drug-likeness (QED) is 0.658. The highest BCUT2D eigenvalue weighted by Crippen LogP contribution is 2.33. The Kier molecular flexibility index (Phi) is 4.40. The lowest BCUT2D eigenvalue weighted by atomic mass is 10.3. The van der Waals surface area contributed by atoms with Gasteiger partial charge in [-0.15, -0.1) is 0 Å².